The molecule has 2 fully saturated rings. The second-order valence-corrected chi connectivity index (χ2v) is 9.83. The Labute approximate surface area is 226 Å². The summed E-state index contributed by atoms with van der Waals surface area (Å²) in [5, 5.41) is 5.76. The number of nitrogen functional groups attached to an aromatic ring is 2. The topological polar surface area (TPSA) is 185 Å². The average molecular weight is 537 g/mol. The molecule has 3 rings (SSSR count). The van der Waals surface area contributed by atoms with Crippen LogP contribution in [0.1, 0.15) is 80.9 Å². The Balaban J connectivity index is 0.000000328. The van der Waals surface area contributed by atoms with Crippen LogP contribution in [0.3, 0.4) is 0 Å². The standard InChI is InChI=1S/C17H29N7O.C9H19NO3/c1-11-14(18)23-15(19)13(22-11)16(25)24-17(20)21-10-6-5-9-12-7-3-2-4-8-12;1-8-12-5-3-9(13-8)7-10-4-6-11-2/h12H,2-10H2,1H3,(H4,18,19,23)(H3,20,21,24,25);8-10H,3-7H2,1-2H3/t;8-,9-/m.1/s1. The second-order valence-electron chi connectivity index (χ2n) is 9.83. The van der Waals surface area contributed by atoms with Gasteiger partial charge in [-0.1, -0.05) is 44.9 Å². The second kappa shape index (κ2) is 17.9. The highest BCUT2D eigenvalue weighted by Crippen LogP contribution is 2.27. The van der Waals surface area contributed by atoms with Gasteiger partial charge in [-0.3, -0.25) is 15.1 Å². The molecular formula is C26H48N8O4. The van der Waals surface area contributed by atoms with Crippen molar-refractivity contribution in [3.63, 3.8) is 0 Å². The highest BCUT2D eigenvalue weighted by Gasteiger charge is 2.19. The van der Waals surface area contributed by atoms with E-state index < -0.39 is 5.91 Å². The molecule has 1 saturated carbocycles. The molecule has 216 valence electrons. The Morgan fingerprint density at radius 2 is 1.89 bits per heavy atom. The van der Waals surface area contributed by atoms with Crippen LogP contribution < -0.4 is 27.8 Å². The molecule has 1 aromatic rings. The Kier molecular flexibility index (Phi) is 14.9. The molecule has 2 aliphatic rings. The van der Waals surface area contributed by atoms with Gasteiger partial charge in [-0.15, -0.1) is 0 Å². The SMILES string of the molecule is COCCNC[C@H]1CCO[C@@H](C)O1.Cc1nc(C(=O)NC(N)=NCCCCC2CCCCC2)c(N)nc1N. The Morgan fingerprint density at radius 1 is 1.13 bits per heavy atom. The van der Waals surface area contributed by atoms with Crippen molar-refractivity contribution >= 4 is 23.5 Å². The fourth-order valence-electron chi connectivity index (χ4n) is 4.48. The molecule has 1 aliphatic heterocycles. The van der Waals surface area contributed by atoms with Gasteiger partial charge in [-0.2, -0.15) is 0 Å². The number of methoxy groups -OCH3 is 1. The van der Waals surface area contributed by atoms with Crippen molar-refractivity contribution in [1.29, 1.82) is 0 Å². The van der Waals surface area contributed by atoms with Crippen molar-refractivity contribution in [2.45, 2.75) is 84.0 Å². The Bertz CT molecular complexity index is 864. The molecule has 1 aliphatic carbocycles. The molecule has 1 amide bonds. The minimum atomic E-state index is -0.531. The summed E-state index contributed by atoms with van der Waals surface area (Å²) < 4.78 is 15.7. The van der Waals surface area contributed by atoms with Crippen LogP contribution in [0.4, 0.5) is 11.6 Å². The maximum atomic E-state index is 12.1. The molecule has 8 N–H and O–H groups in total. The van der Waals surface area contributed by atoms with E-state index in [1.807, 2.05) is 6.92 Å². The first-order chi connectivity index (χ1) is 18.3. The molecule has 1 aromatic heterocycles. The van der Waals surface area contributed by atoms with Crippen LogP contribution in [0.5, 0.6) is 0 Å². The molecular weight excluding hydrogens is 488 g/mol. The summed E-state index contributed by atoms with van der Waals surface area (Å²) in [7, 11) is 1.70. The van der Waals surface area contributed by atoms with Crippen LogP contribution in [-0.4, -0.2) is 74.2 Å². The maximum Gasteiger partial charge on any atom is 0.280 e. The van der Waals surface area contributed by atoms with E-state index in [1.54, 1.807) is 14.0 Å². The minimum absolute atomic E-state index is 0.00199. The summed E-state index contributed by atoms with van der Waals surface area (Å²) in [5.41, 5.74) is 17.5. The number of guanidine groups is 1. The number of aliphatic imine (C=N–C) groups is 1. The molecule has 2 atom stereocenters. The predicted octanol–water partition coefficient (Wildman–Crippen LogP) is 2.12. The summed E-state index contributed by atoms with van der Waals surface area (Å²) in [4.78, 5) is 24.3. The van der Waals surface area contributed by atoms with E-state index in [0.717, 1.165) is 51.5 Å². The quantitative estimate of drug-likeness (QED) is 0.159. The summed E-state index contributed by atoms with van der Waals surface area (Å²) >= 11 is 0. The van der Waals surface area contributed by atoms with E-state index in [0.29, 0.717) is 18.3 Å². The summed E-state index contributed by atoms with van der Waals surface area (Å²) in [6.07, 6.45) is 11.5. The van der Waals surface area contributed by atoms with Crippen LogP contribution in [0, 0.1) is 12.8 Å². The van der Waals surface area contributed by atoms with Crippen LogP contribution in [0.15, 0.2) is 4.99 Å². The average Bonchev–Trinajstić information content (AvgIpc) is 2.89. The number of hydrogen-bond acceptors (Lipinski definition) is 10. The molecule has 12 nitrogen and oxygen atoms in total. The number of unbranched alkanes of at least 4 members (excludes halogenated alkanes) is 1. The van der Waals surface area contributed by atoms with Gasteiger partial charge in [0.25, 0.3) is 5.91 Å². The number of aryl methyl sites for hydroxylation is 1. The molecule has 1 saturated heterocycles. The monoisotopic (exact) mass is 536 g/mol. The van der Waals surface area contributed by atoms with Gasteiger partial charge in [-0.25, -0.2) is 9.97 Å². The van der Waals surface area contributed by atoms with Crippen molar-refractivity contribution in [1.82, 2.24) is 20.6 Å². The first kappa shape index (κ1) is 31.7. The van der Waals surface area contributed by atoms with E-state index in [4.69, 9.17) is 31.4 Å². The number of amides is 1. The lowest BCUT2D eigenvalue weighted by Gasteiger charge is -2.28. The highest BCUT2D eigenvalue weighted by molar-refractivity contribution is 6.06. The van der Waals surface area contributed by atoms with Crippen molar-refractivity contribution in [3.05, 3.63) is 11.4 Å². The van der Waals surface area contributed by atoms with E-state index in [-0.39, 0.29) is 29.6 Å². The van der Waals surface area contributed by atoms with E-state index in [9.17, 15) is 4.79 Å². The fraction of sp³-hybridized carbons (Fsp3) is 0.769. The summed E-state index contributed by atoms with van der Waals surface area (Å²) in [6.45, 7) is 7.50. The zero-order valence-electron chi connectivity index (χ0n) is 23.3. The largest absolute Gasteiger partial charge is 0.383 e. The Morgan fingerprint density at radius 3 is 2.61 bits per heavy atom. The van der Waals surface area contributed by atoms with Crippen LogP contribution >= 0.6 is 0 Å². The highest BCUT2D eigenvalue weighted by atomic mass is 16.7. The van der Waals surface area contributed by atoms with Crippen molar-refractivity contribution < 1.29 is 19.0 Å². The fourth-order valence-corrected chi connectivity index (χ4v) is 4.48. The van der Waals surface area contributed by atoms with E-state index in [2.05, 4.69) is 25.6 Å². The van der Waals surface area contributed by atoms with Gasteiger partial charge >= 0.3 is 0 Å². The molecule has 0 spiro atoms. The molecule has 12 heteroatoms. The number of ether oxygens (including phenoxy) is 3. The van der Waals surface area contributed by atoms with Gasteiger partial charge in [-0.05, 0) is 32.6 Å². The maximum absolute atomic E-state index is 12.1. The third kappa shape index (κ3) is 12.3. The first-order valence-corrected chi connectivity index (χ1v) is 13.8. The molecule has 2 heterocycles. The van der Waals surface area contributed by atoms with Gasteiger partial charge < -0.3 is 36.7 Å². The van der Waals surface area contributed by atoms with Crippen molar-refractivity contribution in [3.8, 4) is 0 Å². The number of hydrogen-bond donors (Lipinski definition) is 5. The Hall–Kier alpha value is -2.54. The third-order valence-corrected chi connectivity index (χ3v) is 6.65. The van der Waals surface area contributed by atoms with Crippen LogP contribution in [0.2, 0.25) is 0 Å². The molecule has 0 bridgehead atoms. The number of nitrogens with two attached hydrogens (primary N) is 3. The molecule has 38 heavy (non-hydrogen) atoms. The first-order valence-electron chi connectivity index (χ1n) is 13.8. The van der Waals surface area contributed by atoms with Crippen molar-refractivity contribution in [2.75, 3.05) is 51.4 Å². The number of rotatable bonds is 11. The zero-order chi connectivity index (χ0) is 27.8. The third-order valence-electron chi connectivity index (χ3n) is 6.65. The molecule has 0 unspecified atom stereocenters. The smallest absolute Gasteiger partial charge is 0.280 e. The molecule has 0 radical (unpaired) electrons. The van der Waals surface area contributed by atoms with E-state index >= 15 is 0 Å². The van der Waals surface area contributed by atoms with Gasteiger partial charge in [0, 0.05) is 26.7 Å². The van der Waals surface area contributed by atoms with Gasteiger partial charge in [0.15, 0.2) is 23.8 Å². The van der Waals surface area contributed by atoms with Crippen LogP contribution in [-0.2, 0) is 14.2 Å². The number of nitrogens with one attached hydrogen (secondary N) is 2. The lowest BCUT2D eigenvalue weighted by Crippen LogP contribution is -2.38. The van der Waals surface area contributed by atoms with E-state index in [1.165, 1.54) is 38.5 Å². The number of carbonyl (C=O) groups is 1. The van der Waals surface area contributed by atoms with Gasteiger partial charge in [0.1, 0.15) is 5.82 Å². The number of carbonyl (C=O) groups excluding carboxylic acids is 1. The number of anilines is 2. The number of aromatic nitrogens is 2. The van der Waals surface area contributed by atoms with Crippen molar-refractivity contribution in [2.24, 2.45) is 16.6 Å². The summed E-state index contributed by atoms with van der Waals surface area (Å²) in [6, 6.07) is 0. The van der Waals surface area contributed by atoms with Crippen LogP contribution in [0.25, 0.3) is 0 Å². The molecule has 0 aromatic carbocycles. The van der Waals surface area contributed by atoms with Gasteiger partial charge in [0.2, 0.25) is 0 Å². The number of nitrogens with zero attached hydrogens (tertiary/aromatic N) is 3. The lowest BCUT2D eigenvalue weighted by molar-refractivity contribution is -0.200. The van der Waals surface area contributed by atoms with Gasteiger partial charge in [0.05, 0.1) is 25.0 Å². The summed E-state index contributed by atoms with van der Waals surface area (Å²) in [5.74, 6) is 0.592. The predicted molar refractivity (Wildman–Crippen MR) is 150 cm³/mol. The normalized spacial score (nSPS) is 20.4. The zero-order valence-corrected chi connectivity index (χ0v) is 23.3. The lowest BCUT2D eigenvalue weighted by atomic mass is 9.86. The minimum Gasteiger partial charge on any atom is -0.383 e.